The van der Waals surface area contributed by atoms with Gasteiger partial charge in [-0.05, 0) is 61.5 Å². The van der Waals surface area contributed by atoms with Gasteiger partial charge in [0.15, 0.2) is 6.29 Å². The number of hydrogen-bond donors (Lipinski definition) is 0. The molecule has 0 amide bonds. The number of unbranched alkanes of at least 4 members (excludes halogenated alkanes) is 2. The summed E-state index contributed by atoms with van der Waals surface area (Å²) in [5.74, 6) is 2.51. The van der Waals surface area contributed by atoms with Crippen molar-refractivity contribution in [3.05, 3.63) is 42.0 Å². The summed E-state index contributed by atoms with van der Waals surface area (Å²) in [6.45, 7) is 10.7. The number of benzene rings is 1. The van der Waals surface area contributed by atoms with Crippen LogP contribution in [0.15, 0.2) is 36.4 Å². The van der Waals surface area contributed by atoms with E-state index in [0.717, 1.165) is 5.92 Å². The van der Waals surface area contributed by atoms with Gasteiger partial charge in [-0.15, -0.1) is 0 Å². The molecule has 0 unspecified atom stereocenters. The van der Waals surface area contributed by atoms with Gasteiger partial charge in [-0.25, -0.2) is 9.59 Å². The van der Waals surface area contributed by atoms with E-state index in [1.54, 1.807) is 12.1 Å². The van der Waals surface area contributed by atoms with Gasteiger partial charge < -0.3 is 33.2 Å². The Hall–Kier alpha value is -2.78. The molecular formula is C33H50O9. The average Bonchev–Trinajstić information content (AvgIpc) is 3.36. The highest BCUT2D eigenvalue weighted by Crippen LogP contribution is 2.34. The Labute approximate surface area is 251 Å². The fourth-order valence-corrected chi connectivity index (χ4v) is 4.92. The Morgan fingerprint density at radius 3 is 1.95 bits per heavy atom. The molecule has 1 saturated heterocycles. The first-order valence-corrected chi connectivity index (χ1v) is 15.6. The molecule has 1 aromatic carbocycles. The number of carbonyl (C=O) groups excluding carboxylic acids is 2. The quantitative estimate of drug-likeness (QED) is 0.113. The van der Waals surface area contributed by atoms with Crippen molar-refractivity contribution in [1.29, 1.82) is 0 Å². The molecule has 0 radical (unpaired) electrons. The molecule has 9 nitrogen and oxygen atoms in total. The zero-order valence-electron chi connectivity index (χ0n) is 26.0. The number of hydrogen-bond acceptors (Lipinski definition) is 9. The van der Waals surface area contributed by atoms with E-state index >= 15 is 0 Å². The first-order chi connectivity index (χ1) is 20.2. The maximum atomic E-state index is 12.2. The zero-order chi connectivity index (χ0) is 30.3. The van der Waals surface area contributed by atoms with Crippen LogP contribution in [0.5, 0.6) is 5.75 Å². The molecule has 1 heterocycles. The lowest BCUT2D eigenvalue weighted by atomic mass is 9.79. The van der Waals surface area contributed by atoms with Crippen LogP contribution in [-0.2, 0) is 28.4 Å². The van der Waals surface area contributed by atoms with Crippen LogP contribution in [0.25, 0.3) is 0 Å². The SMILES string of the molecule is CCCCCC1CCC(/C=C/COc2ccc(C3O[C@H](OC(=O)OCC(C)C)[C@@H](OC(=O)OCC(C)C)O3)cc2)CC1. The lowest BCUT2D eigenvalue weighted by Gasteiger charge is -2.26. The van der Waals surface area contributed by atoms with Crippen molar-refractivity contribution in [1.82, 2.24) is 0 Å². The summed E-state index contributed by atoms with van der Waals surface area (Å²) in [6, 6.07) is 7.21. The molecule has 3 rings (SSSR count). The predicted molar refractivity (Wildman–Crippen MR) is 158 cm³/mol. The van der Waals surface area contributed by atoms with Crippen molar-refractivity contribution >= 4 is 12.3 Å². The van der Waals surface area contributed by atoms with E-state index < -0.39 is 31.2 Å². The molecule has 42 heavy (non-hydrogen) atoms. The molecule has 0 bridgehead atoms. The van der Waals surface area contributed by atoms with E-state index in [-0.39, 0.29) is 25.0 Å². The summed E-state index contributed by atoms with van der Waals surface area (Å²) < 4.78 is 38.1. The fraction of sp³-hybridized carbons (Fsp3) is 0.697. The third kappa shape index (κ3) is 12.2. The molecule has 1 aliphatic heterocycles. The minimum Gasteiger partial charge on any atom is -0.490 e. The molecule has 0 aromatic heterocycles. The van der Waals surface area contributed by atoms with Crippen LogP contribution in [0.4, 0.5) is 9.59 Å². The van der Waals surface area contributed by atoms with E-state index in [4.69, 9.17) is 33.2 Å². The molecule has 1 aromatic rings. The minimum atomic E-state index is -1.33. The molecule has 9 heteroatoms. The van der Waals surface area contributed by atoms with Gasteiger partial charge in [-0.3, -0.25) is 0 Å². The van der Waals surface area contributed by atoms with Gasteiger partial charge >= 0.3 is 12.3 Å². The summed E-state index contributed by atoms with van der Waals surface area (Å²) in [4.78, 5) is 24.3. The maximum absolute atomic E-state index is 12.2. The van der Waals surface area contributed by atoms with E-state index in [2.05, 4.69) is 19.1 Å². The predicted octanol–water partition coefficient (Wildman–Crippen LogP) is 8.32. The van der Waals surface area contributed by atoms with Crippen LogP contribution < -0.4 is 4.74 Å². The van der Waals surface area contributed by atoms with Crippen molar-refractivity contribution in [3.8, 4) is 5.75 Å². The molecule has 2 fully saturated rings. The fourth-order valence-electron chi connectivity index (χ4n) is 4.92. The van der Waals surface area contributed by atoms with Gasteiger partial charge in [0.1, 0.15) is 12.4 Å². The van der Waals surface area contributed by atoms with Gasteiger partial charge in [0.05, 0.1) is 13.2 Å². The smallest absolute Gasteiger partial charge is 0.490 e. The van der Waals surface area contributed by atoms with E-state index in [0.29, 0.717) is 23.8 Å². The summed E-state index contributed by atoms with van der Waals surface area (Å²) in [5, 5.41) is 0. The number of ether oxygens (including phenoxy) is 7. The maximum Gasteiger partial charge on any atom is 0.510 e. The third-order valence-corrected chi connectivity index (χ3v) is 7.25. The van der Waals surface area contributed by atoms with Gasteiger partial charge in [-0.2, -0.15) is 0 Å². The summed E-state index contributed by atoms with van der Waals surface area (Å²) in [7, 11) is 0. The molecule has 236 valence electrons. The molecule has 0 N–H and O–H groups in total. The Morgan fingerprint density at radius 1 is 0.857 bits per heavy atom. The first-order valence-electron chi connectivity index (χ1n) is 15.6. The first kappa shape index (κ1) is 33.7. The third-order valence-electron chi connectivity index (χ3n) is 7.25. The molecular weight excluding hydrogens is 540 g/mol. The van der Waals surface area contributed by atoms with Crippen LogP contribution in [0, 0.1) is 23.7 Å². The van der Waals surface area contributed by atoms with Crippen molar-refractivity contribution in [2.24, 2.45) is 23.7 Å². The highest BCUT2D eigenvalue weighted by atomic mass is 16.9. The van der Waals surface area contributed by atoms with Crippen molar-refractivity contribution in [3.63, 3.8) is 0 Å². The van der Waals surface area contributed by atoms with Crippen LogP contribution in [0.2, 0.25) is 0 Å². The number of rotatable bonds is 15. The second-order valence-corrected chi connectivity index (χ2v) is 12.1. The molecule has 0 spiro atoms. The molecule has 2 aliphatic rings. The topological polar surface area (TPSA) is 98.8 Å². The second kappa shape index (κ2) is 18.0. The number of carbonyl (C=O) groups is 2. The Balaban J connectivity index is 1.47. The van der Waals surface area contributed by atoms with Gasteiger partial charge in [0.25, 0.3) is 12.6 Å². The zero-order valence-corrected chi connectivity index (χ0v) is 26.0. The van der Waals surface area contributed by atoms with Crippen LogP contribution >= 0.6 is 0 Å². The van der Waals surface area contributed by atoms with Crippen molar-refractivity contribution in [2.75, 3.05) is 19.8 Å². The van der Waals surface area contributed by atoms with Gasteiger partial charge in [0.2, 0.25) is 0 Å². The van der Waals surface area contributed by atoms with Crippen LogP contribution in [0.3, 0.4) is 0 Å². The Morgan fingerprint density at radius 2 is 1.43 bits per heavy atom. The lowest BCUT2D eigenvalue weighted by Crippen LogP contribution is -2.33. The summed E-state index contributed by atoms with van der Waals surface area (Å²) in [5.41, 5.74) is 0.638. The second-order valence-electron chi connectivity index (χ2n) is 12.1. The largest absolute Gasteiger partial charge is 0.510 e. The van der Waals surface area contributed by atoms with Crippen LogP contribution in [0.1, 0.15) is 97.8 Å². The highest BCUT2D eigenvalue weighted by Gasteiger charge is 2.43. The number of allylic oxidation sites excluding steroid dienone is 1. The van der Waals surface area contributed by atoms with Gasteiger partial charge in [0, 0.05) is 5.56 Å². The lowest BCUT2D eigenvalue weighted by molar-refractivity contribution is -0.160. The molecule has 1 aliphatic carbocycles. The van der Waals surface area contributed by atoms with Gasteiger partial charge in [-0.1, -0.05) is 84.6 Å². The highest BCUT2D eigenvalue weighted by molar-refractivity contribution is 5.61. The van der Waals surface area contributed by atoms with E-state index in [1.807, 2.05) is 39.8 Å². The normalized spacial score (nSPS) is 22.9. The molecule has 1 saturated carbocycles. The van der Waals surface area contributed by atoms with Crippen molar-refractivity contribution in [2.45, 2.75) is 105 Å². The van der Waals surface area contributed by atoms with E-state index in [9.17, 15) is 9.59 Å². The average molecular weight is 591 g/mol. The summed E-state index contributed by atoms with van der Waals surface area (Å²) in [6.07, 6.45) is 9.54. The summed E-state index contributed by atoms with van der Waals surface area (Å²) >= 11 is 0. The minimum absolute atomic E-state index is 0.125. The monoisotopic (exact) mass is 590 g/mol. The standard InChI is InChI=1S/C33H50O9/c1-6-7-8-10-25-12-14-26(15-13-25)11-9-20-36-28-18-16-27(17-19-28)29-39-30(41-32(34)37-21-23(2)3)31(40-29)42-33(35)38-22-24(4)5/h9,11,16-19,23-26,29-31H,6-8,10,12-15,20-22H2,1-5H3/b11-9+/t25?,26?,30-,31-/m1/s1. The van der Waals surface area contributed by atoms with Crippen LogP contribution in [-0.4, -0.2) is 44.7 Å². The molecule has 2 atom stereocenters. The van der Waals surface area contributed by atoms with E-state index in [1.165, 1.54) is 51.4 Å². The Bertz CT molecular complexity index is 917. The Kier molecular flexibility index (Phi) is 14.5. The van der Waals surface area contributed by atoms with Crippen molar-refractivity contribution < 1.29 is 42.7 Å².